The van der Waals surface area contributed by atoms with Gasteiger partial charge < -0.3 is 15.5 Å². The molecule has 0 saturated carbocycles. The molecule has 0 radical (unpaired) electrons. The van der Waals surface area contributed by atoms with Gasteiger partial charge >= 0.3 is 6.03 Å². The van der Waals surface area contributed by atoms with E-state index in [-0.39, 0.29) is 23.6 Å². The van der Waals surface area contributed by atoms with Crippen LogP contribution in [0, 0.1) is 0 Å². The third kappa shape index (κ3) is 2.93. The van der Waals surface area contributed by atoms with Crippen molar-refractivity contribution in [2.45, 2.75) is 25.3 Å². The van der Waals surface area contributed by atoms with Crippen LogP contribution < -0.4 is 16.4 Å². The number of primary amides is 1. The fraction of sp³-hybridized carbons (Fsp3) is 0.267. The number of rotatable bonds is 3. The maximum absolute atomic E-state index is 12.1. The van der Waals surface area contributed by atoms with Gasteiger partial charge in [0.05, 0.1) is 12.3 Å². The second-order valence-corrected chi connectivity index (χ2v) is 5.11. The average molecular weight is 300 g/mol. The van der Waals surface area contributed by atoms with Crippen LogP contribution in [-0.4, -0.2) is 16.9 Å². The zero-order valence-corrected chi connectivity index (χ0v) is 11.8. The van der Waals surface area contributed by atoms with Gasteiger partial charge in [-0.15, -0.1) is 0 Å². The van der Waals surface area contributed by atoms with Crippen LogP contribution >= 0.6 is 0 Å². The van der Waals surface area contributed by atoms with Gasteiger partial charge in [0.15, 0.2) is 0 Å². The van der Waals surface area contributed by atoms with Crippen LogP contribution in [0.15, 0.2) is 34.9 Å². The summed E-state index contributed by atoms with van der Waals surface area (Å²) in [6.07, 6.45) is 4.35. The number of pyridine rings is 1. The number of nitrogens with zero attached hydrogens (tertiary/aromatic N) is 1. The second kappa shape index (κ2) is 5.88. The number of urea groups is 1. The Labute approximate surface area is 126 Å². The van der Waals surface area contributed by atoms with E-state index in [9.17, 15) is 9.59 Å². The molecule has 7 nitrogen and oxygen atoms in total. The van der Waals surface area contributed by atoms with Crippen molar-refractivity contribution in [3.63, 3.8) is 0 Å². The molecule has 0 saturated heterocycles. The molecular weight excluding hydrogens is 284 g/mol. The fourth-order valence-corrected chi connectivity index (χ4v) is 2.59. The molecule has 3 rings (SSSR count). The minimum atomic E-state index is -0.639. The first kappa shape index (κ1) is 14.1. The van der Waals surface area contributed by atoms with E-state index in [0.717, 1.165) is 30.6 Å². The lowest BCUT2D eigenvalue weighted by Crippen LogP contribution is -2.34. The Kier molecular flexibility index (Phi) is 3.78. The number of nitrogens with two attached hydrogens (primary N) is 1. The number of anilines is 1. The average Bonchev–Trinajstić information content (AvgIpc) is 2.97. The molecule has 0 spiro atoms. The second-order valence-electron chi connectivity index (χ2n) is 5.11. The van der Waals surface area contributed by atoms with E-state index in [1.165, 1.54) is 6.07 Å². The van der Waals surface area contributed by atoms with Gasteiger partial charge in [-0.2, -0.15) is 0 Å². The summed E-state index contributed by atoms with van der Waals surface area (Å²) in [7, 11) is 0. The molecule has 0 aromatic carbocycles. The van der Waals surface area contributed by atoms with Gasteiger partial charge in [-0.05, 0) is 31.0 Å². The van der Waals surface area contributed by atoms with Crippen molar-refractivity contribution < 1.29 is 14.0 Å². The Morgan fingerprint density at radius 3 is 3.00 bits per heavy atom. The molecule has 0 aliphatic heterocycles. The van der Waals surface area contributed by atoms with Crippen molar-refractivity contribution >= 4 is 17.8 Å². The summed E-state index contributed by atoms with van der Waals surface area (Å²) in [5.41, 5.74) is 6.28. The molecule has 2 aromatic rings. The zero-order chi connectivity index (χ0) is 15.5. The highest BCUT2D eigenvalue weighted by Gasteiger charge is 2.24. The number of fused-ring (bicyclic) bond motifs is 1. The van der Waals surface area contributed by atoms with E-state index in [2.05, 4.69) is 15.6 Å². The lowest BCUT2D eigenvalue weighted by Gasteiger charge is -2.22. The molecule has 0 unspecified atom stereocenters. The number of aryl methyl sites for hydroxylation is 1. The summed E-state index contributed by atoms with van der Waals surface area (Å²) in [6.45, 7) is 0. The Morgan fingerprint density at radius 1 is 1.32 bits per heavy atom. The normalized spacial score (nSPS) is 16.6. The van der Waals surface area contributed by atoms with Crippen molar-refractivity contribution in [3.8, 4) is 0 Å². The number of aromatic nitrogens is 1. The molecule has 114 valence electrons. The smallest absolute Gasteiger partial charge is 0.320 e. The third-order valence-corrected chi connectivity index (χ3v) is 3.60. The zero-order valence-electron chi connectivity index (χ0n) is 11.8. The fourth-order valence-electron chi connectivity index (χ4n) is 2.59. The topological polar surface area (TPSA) is 110 Å². The van der Waals surface area contributed by atoms with Crippen LogP contribution in [0.2, 0.25) is 0 Å². The molecule has 1 atom stereocenters. The molecule has 2 heterocycles. The number of carbonyl (C=O) groups excluding carboxylic acids is 2. The summed E-state index contributed by atoms with van der Waals surface area (Å²) < 4.78 is 5.39. The lowest BCUT2D eigenvalue weighted by atomic mass is 9.93. The standard InChI is InChI=1S/C15H16N4O3/c16-14(20)11-4-2-6-13(17-11)19-15(21)18-10-3-1-5-12-9(10)7-8-22-12/h2,4,6-8,10H,1,3,5H2,(H2,16,20)(H2,17,18,19,21)/t10-/m0/s1. The van der Waals surface area contributed by atoms with Crippen molar-refractivity contribution in [2.24, 2.45) is 5.73 Å². The van der Waals surface area contributed by atoms with Gasteiger partial charge in [-0.25, -0.2) is 9.78 Å². The molecule has 0 bridgehead atoms. The molecule has 0 fully saturated rings. The van der Waals surface area contributed by atoms with Crippen LogP contribution in [0.3, 0.4) is 0 Å². The van der Waals surface area contributed by atoms with Gasteiger partial charge in [0.25, 0.3) is 5.91 Å². The summed E-state index contributed by atoms with van der Waals surface area (Å²) in [6, 6.07) is 6.11. The van der Waals surface area contributed by atoms with E-state index in [1.54, 1.807) is 18.4 Å². The number of carbonyl (C=O) groups is 2. The van der Waals surface area contributed by atoms with Gasteiger partial charge in [0, 0.05) is 12.0 Å². The number of amides is 3. The molecule has 7 heteroatoms. The Morgan fingerprint density at radius 2 is 2.18 bits per heavy atom. The number of furan rings is 1. The monoisotopic (exact) mass is 300 g/mol. The number of hydrogen-bond donors (Lipinski definition) is 3. The van der Waals surface area contributed by atoms with Crippen molar-refractivity contribution in [3.05, 3.63) is 47.5 Å². The number of hydrogen-bond acceptors (Lipinski definition) is 4. The van der Waals surface area contributed by atoms with Crippen molar-refractivity contribution in [1.82, 2.24) is 10.3 Å². The SMILES string of the molecule is NC(=O)c1cccc(NC(=O)N[C@H]2CCCc3occc32)n1. The quantitative estimate of drug-likeness (QED) is 0.804. The van der Waals surface area contributed by atoms with Gasteiger partial charge in [-0.3, -0.25) is 10.1 Å². The van der Waals surface area contributed by atoms with Gasteiger partial charge in [-0.1, -0.05) is 6.07 Å². The van der Waals surface area contributed by atoms with Crippen LogP contribution in [0.5, 0.6) is 0 Å². The van der Waals surface area contributed by atoms with Gasteiger partial charge in [0.1, 0.15) is 17.3 Å². The molecule has 4 N–H and O–H groups in total. The molecule has 3 amide bonds. The predicted octanol–water partition coefficient (Wildman–Crippen LogP) is 1.97. The molecule has 2 aromatic heterocycles. The van der Waals surface area contributed by atoms with Crippen molar-refractivity contribution in [2.75, 3.05) is 5.32 Å². The lowest BCUT2D eigenvalue weighted by molar-refractivity contribution is 0.0995. The minimum Gasteiger partial charge on any atom is -0.469 e. The highest BCUT2D eigenvalue weighted by atomic mass is 16.3. The van der Waals surface area contributed by atoms with Crippen molar-refractivity contribution in [1.29, 1.82) is 0 Å². The van der Waals surface area contributed by atoms with Crippen LogP contribution in [-0.2, 0) is 6.42 Å². The van der Waals surface area contributed by atoms with E-state index in [0.29, 0.717) is 0 Å². The highest BCUT2D eigenvalue weighted by molar-refractivity contribution is 5.92. The Hall–Kier alpha value is -2.83. The van der Waals surface area contributed by atoms with Gasteiger partial charge in [0.2, 0.25) is 0 Å². The first-order valence-corrected chi connectivity index (χ1v) is 7.04. The number of nitrogens with one attached hydrogen (secondary N) is 2. The predicted molar refractivity (Wildman–Crippen MR) is 79.3 cm³/mol. The minimum absolute atomic E-state index is 0.0816. The molecule has 22 heavy (non-hydrogen) atoms. The van der Waals surface area contributed by atoms with E-state index in [1.807, 2.05) is 6.07 Å². The Bertz CT molecular complexity index is 710. The van der Waals surface area contributed by atoms with E-state index in [4.69, 9.17) is 10.2 Å². The summed E-state index contributed by atoms with van der Waals surface area (Å²) in [5.74, 6) is 0.557. The largest absolute Gasteiger partial charge is 0.469 e. The molecular formula is C15H16N4O3. The molecule has 1 aliphatic carbocycles. The summed E-state index contributed by atoms with van der Waals surface area (Å²) >= 11 is 0. The van der Waals surface area contributed by atoms with E-state index < -0.39 is 5.91 Å². The maximum atomic E-state index is 12.1. The van der Waals surface area contributed by atoms with E-state index >= 15 is 0 Å². The first-order valence-electron chi connectivity index (χ1n) is 7.04. The van der Waals surface area contributed by atoms with Crippen LogP contribution in [0.4, 0.5) is 10.6 Å². The Balaban J connectivity index is 1.67. The summed E-state index contributed by atoms with van der Waals surface area (Å²) in [5, 5.41) is 5.50. The highest BCUT2D eigenvalue weighted by Crippen LogP contribution is 2.30. The maximum Gasteiger partial charge on any atom is 0.320 e. The van der Waals surface area contributed by atoms with Crippen LogP contribution in [0.25, 0.3) is 0 Å². The first-order chi connectivity index (χ1) is 10.6. The summed E-state index contributed by atoms with van der Waals surface area (Å²) in [4.78, 5) is 27.1. The molecule has 1 aliphatic rings. The third-order valence-electron chi connectivity index (χ3n) is 3.60. The van der Waals surface area contributed by atoms with Crippen LogP contribution in [0.1, 0.15) is 40.7 Å².